The largest absolute Gasteiger partial charge is 0.444 e. The Morgan fingerprint density at radius 1 is 1.53 bits per heavy atom. The molecule has 0 atom stereocenters. The van der Waals surface area contributed by atoms with Crippen LogP contribution in [0, 0.1) is 13.8 Å². The van der Waals surface area contributed by atoms with Gasteiger partial charge in [-0.25, -0.2) is 9.97 Å². The summed E-state index contributed by atoms with van der Waals surface area (Å²) in [5.74, 6) is 1.16. The molecule has 7 heteroatoms. The molecule has 0 saturated carbocycles. The minimum Gasteiger partial charge on any atom is -0.444 e. The highest BCUT2D eigenvalue weighted by molar-refractivity contribution is 6.31. The van der Waals surface area contributed by atoms with Crippen LogP contribution in [0.25, 0.3) is 0 Å². The van der Waals surface area contributed by atoms with Crippen molar-refractivity contribution in [3.8, 4) is 0 Å². The molecule has 90 valence electrons. The summed E-state index contributed by atoms with van der Waals surface area (Å²) in [7, 11) is 0. The molecule has 0 unspecified atom stereocenters. The van der Waals surface area contributed by atoms with Crippen molar-refractivity contribution in [1.82, 2.24) is 14.5 Å². The summed E-state index contributed by atoms with van der Waals surface area (Å²) in [6.07, 6.45) is 1.32. The monoisotopic (exact) mass is 254 g/mol. The third-order valence-electron chi connectivity index (χ3n) is 2.40. The van der Waals surface area contributed by atoms with Crippen molar-refractivity contribution in [3.63, 3.8) is 0 Å². The predicted octanol–water partition coefficient (Wildman–Crippen LogP) is 1.13. The topological polar surface area (TPSA) is 86.9 Å². The zero-order valence-electron chi connectivity index (χ0n) is 9.40. The Bertz CT molecular complexity index is 598. The van der Waals surface area contributed by atoms with E-state index in [0.29, 0.717) is 5.89 Å². The maximum absolute atomic E-state index is 11.7. The Labute approximate surface area is 102 Å². The quantitative estimate of drug-likeness (QED) is 0.812. The molecule has 0 amide bonds. The van der Waals surface area contributed by atoms with E-state index in [9.17, 15) is 4.79 Å². The third-order valence-corrected chi connectivity index (χ3v) is 2.70. The SMILES string of the molecule is Cc1nc(Cn2cnc(Cl)c(N)c2=O)oc1C. The van der Waals surface area contributed by atoms with Crippen molar-refractivity contribution in [1.29, 1.82) is 0 Å². The number of oxazole rings is 1. The number of anilines is 1. The molecule has 0 spiro atoms. The summed E-state index contributed by atoms with van der Waals surface area (Å²) in [6, 6.07) is 0. The van der Waals surface area contributed by atoms with Crippen LogP contribution in [-0.4, -0.2) is 14.5 Å². The van der Waals surface area contributed by atoms with Crippen molar-refractivity contribution < 1.29 is 4.42 Å². The van der Waals surface area contributed by atoms with Crippen LogP contribution in [0.3, 0.4) is 0 Å². The summed E-state index contributed by atoms with van der Waals surface area (Å²) in [5.41, 5.74) is 5.81. The summed E-state index contributed by atoms with van der Waals surface area (Å²) >= 11 is 5.63. The summed E-state index contributed by atoms with van der Waals surface area (Å²) < 4.78 is 6.67. The molecule has 2 aromatic rings. The molecule has 0 bridgehead atoms. The van der Waals surface area contributed by atoms with Gasteiger partial charge in [0.1, 0.15) is 18.0 Å². The lowest BCUT2D eigenvalue weighted by atomic mass is 10.4. The van der Waals surface area contributed by atoms with Crippen molar-refractivity contribution in [2.24, 2.45) is 0 Å². The smallest absolute Gasteiger partial charge is 0.278 e. The van der Waals surface area contributed by atoms with Crippen molar-refractivity contribution >= 4 is 17.3 Å². The normalized spacial score (nSPS) is 10.8. The fourth-order valence-electron chi connectivity index (χ4n) is 1.35. The molecular formula is C10H11ClN4O2. The number of hydrogen-bond donors (Lipinski definition) is 1. The molecule has 0 fully saturated rings. The van der Waals surface area contributed by atoms with Gasteiger partial charge in [-0.05, 0) is 13.8 Å². The summed E-state index contributed by atoms with van der Waals surface area (Å²) in [4.78, 5) is 19.7. The number of aryl methyl sites for hydroxylation is 2. The molecule has 0 radical (unpaired) electrons. The lowest BCUT2D eigenvalue weighted by Crippen LogP contribution is -2.24. The lowest BCUT2D eigenvalue weighted by molar-refractivity contribution is 0.453. The van der Waals surface area contributed by atoms with Crippen LogP contribution >= 0.6 is 11.6 Å². The minimum absolute atomic E-state index is 0.00557. The molecule has 2 aromatic heterocycles. The molecule has 17 heavy (non-hydrogen) atoms. The van der Waals surface area contributed by atoms with Gasteiger partial charge in [0.2, 0.25) is 5.89 Å². The van der Waals surface area contributed by atoms with Gasteiger partial charge < -0.3 is 10.2 Å². The van der Waals surface area contributed by atoms with E-state index in [2.05, 4.69) is 9.97 Å². The number of rotatable bonds is 2. The Morgan fingerprint density at radius 3 is 2.82 bits per heavy atom. The molecule has 6 nitrogen and oxygen atoms in total. The highest BCUT2D eigenvalue weighted by Crippen LogP contribution is 2.11. The van der Waals surface area contributed by atoms with Crippen LogP contribution in [0.1, 0.15) is 17.3 Å². The Morgan fingerprint density at radius 2 is 2.24 bits per heavy atom. The van der Waals surface area contributed by atoms with Gasteiger partial charge in [0, 0.05) is 0 Å². The van der Waals surface area contributed by atoms with Crippen molar-refractivity contribution in [2.75, 3.05) is 5.73 Å². The van der Waals surface area contributed by atoms with E-state index in [1.54, 1.807) is 0 Å². The van der Waals surface area contributed by atoms with Gasteiger partial charge in [-0.3, -0.25) is 9.36 Å². The first-order chi connectivity index (χ1) is 7.99. The van der Waals surface area contributed by atoms with Crippen LogP contribution < -0.4 is 11.3 Å². The number of nitrogens with two attached hydrogens (primary N) is 1. The molecule has 0 saturated heterocycles. The van der Waals surface area contributed by atoms with Gasteiger partial charge in [0.15, 0.2) is 5.15 Å². The average Bonchev–Trinajstić information content (AvgIpc) is 2.59. The maximum Gasteiger partial charge on any atom is 0.278 e. The average molecular weight is 255 g/mol. The second kappa shape index (κ2) is 4.21. The lowest BCUT2D eigenvalue weighted by Gasteiger charge is -2.03. The van der Waals surface area contributed by atoms with E-state index in [1.165, 1.54) is 10.9 Å². The number of aromatic nitrogens is 3. The molecular weight excluding hydrogens is 244 g/mol. The molecule has 2 heterocycles. The number of nitrogen functional groups attached to an aromatic ring is 1. The number of nitrogens with zero attached hydrogens (tertiary/aromatic N) is 3. The van der Waals surface area contributed by atoms with Crippen LogP contribution in [-0.2, 0) is 6.54 Å². The molecule has 0 aromatic carbocycles. The van der Waals surface area contributed by atoms with Gasteiger partial charge >= 0.3 is 0 Å². The first kappa shape index (κ1) is 11.7. The van der Waals surface area contributed by atoms with E-state index >= 15 is 0 Å². The van der Waals surface area contributed by atoms with Crippen LogP contribution in [0.4, 0.5) is 5.69 Å². The van der Waals surface area contributed by atoms with Crippen molar-refractivity contribution in [3.05, 3.63) is 39.2 Å². The molecule has 0 aliphatic rings. The predicted molar refractivity (Wildman–Crippen MR) is 63.0 cm³/mol. The Hall–Kier alpha value is -1.82. The summed E-state index contributed by atoms with van der Waals surface area (Å²) in [5, 5.41) is 0.00557. The zero-order chi connectivity index (χ0) is 12.6. The summed E-state index contributed by atoms with van der Waals surface area (Å²) in [6.45, 7) is 3.82. The van der Waals surface area contributed by atoms with Gasteiger partial charge in [0.25, 0.3) is 5.56 Å². The zero-order valence-corrected chi connectivity index (χ0v) is 10.2. The van der Waals surface area contributed by atoms with Gasteiger partial charge in [-0.15, -0.1) is 0 Å². The Kier molecular flexibility index (Phi) is 2.89. The maximum atomic E-state index is 11.7. The Balaban J connectivity index is 2.37. The van der Waals surface area contributed by atoms with Crippen LogP contribution in [0.2, 0.25) is 5.15 Å². The first-order valence-corrected chi connectivity index (χ1v) is 5.30. The van der Waals surface area contributed by atoms with E-state index in [4.69, 9.17) is 21.8 Å². The fourth-order valence-corrected chi connectivity index (χ4v) is 1.47. The molecule has 0 aliphatic carbocycles. The fraction of sp³-hybridized carbons (Fsp3) is 0.300. The molecule has 2 rings (SSSR count). The highest BCUT2D eigenvalue weighted by Gasteiger charge is 2.10. The first-order valence-electron chi connectivity index (χ1n) is 4.92. The van der Waals surface area contributed by atoms with Gasteiger partial charge in [-0.1, -0.05) is 11.6 Å². The second-order valence-electron chi connectivity index (χ2n) is 3.63. The van der Waals surface area contributed by atoms with E-state index in [1.807, 2.05) is 13.8 Å². The minimum atomic E-state index is -0.404. The molecule has 2 N–H and O–H groups in total. The number of hydrogen-bond acceptors (Lipinski definition) is 5. The van der Waals surface area contributed by atoms with Crippen LogP contribution in [0.5, 0.6) is 0 Å². The van der Waals surface area contributed by atoms with Crippen molar-refractivity contribution in [2.45, 2.75) is 20.4 Å². The van der Waals surface area contributed by atoms with Gasteiger partial charge in [0.05, 0.1) is 12.0 Å². The molecule has 0 aliphatic heterocycles. The van der Waals surface area contributed by atoms with E-state index < -0.39 is 5.56 Å². The van der Waals surface area contributed by atoms with E-state index in [-0.39, 0.29) is 17.4 Å². The standard InChI is InChI=1S/C10H11ClN4O2/c1-5-6(2)17-7(14-5)3-15-4-13-9(11)8(12)10(15)16/h4H,3,12H2,1-2H3. The number of halogens is 1. The highest BCUT2D eigenvalue weighted by atomic mass is 35.5. The third kappa shape index (κ3) is 2.16. The van der Waals surface area contributed by atoms with E-state index in [0.717, 1.165) is 11.5 Å². The van der Waals surface area contributed by atoms with Crippen LogP contribution in [0.15, 0.2) is 15.5 Å². The van der Waals surface area contributed by atoms with Gasteiger partial charge in [-0.2, -0.15) is 0 Å². The second-order valence-corrected chi connectivity index (χ2v) is 3.99.